The molecule has 0 unspecified atom stereocenters. The Balaban J connectivity index is 2.43. The fourth-order valence-electron chi connectivity index (χ4n) is 1.33. The summed E-state index contributed by atoms with van der Waals surface area (Å²) in [5, 5.41) is 1.02. The van der Waals surface area contributed by atoms with Gasteiger partial charge in [0.15, 0.2) is 5.78 Å². The number of hydrogen-bond acceptors (Lipinski definition) is 3. The van der Waals surface area contributed by atoms with Crippen LogP contribution in [0.25, 0.3) is 0 Å². The van der Waals surface area contributed by atoms with Gasteiger partial charge in [-0.05, 0) is 19.8 Å². The summed E-state index contributed by atoms with van der Waals surface area (Å²) in [5.41, 5.74) is 1.06. The zero-order valence-corrected chi connectivity index (χ0v) is 8.07. The van der Waals surface area contributed by atoms with Crippen LogP contribution in [0.15, 0.2) is 0 Å². The van der Waals surface area contributed by atoms with E-state index in [1.807, 2.05) is 6.92 Å². The van der Waals surface area contributed by atoms with Crippen molar-refractivity contribution in [3.05, 3.63) is 15.6 Å². The van der Waals surface area contributed by atoms with E-state index >= 15 is 0 Å². The first-order chi connectivity index (χ1) is 5.68. The zero-order valence-electron chi connectivity index (χ0n) is 7.26. The predicted octanol–water partition coefficient (Wildman–Crippen LogP) is 2.53. The largest absolute Gasteiger partial charge is 0.294 e. The first-order valence-corrected chi connectivity index (χ1v) is 4.98. The van der Waals surface area contributed by atoms with Gasteiger partial charge in [0.05, 0.1) is 15.6 Å². The number of thiazole rings is 1. The van der Waals surface area contributed by atoms with Crippen LogP contribution in [0.2, 0.25) is 0 Å². The first kappa shape index (κ1) is 7.92. The average Bonchev–Trinajstić information content (AvgIpc) is 2.75. The Bertz CT molecular complexity index is 325. The molecule has 0 radical (unpaired) electrons. The summed E-state index contributed by atoms with van der Waals surface area (Å²) in [6.45, 7) is 3.59. The molecule has 0 N–H and O–H groups in total. The van der Waals surface area contributed by atoms with E-state index in [9.17, 15) is 4.79 Å². The van der Waals surface area contributed by atoms with E-state index in [1.54, 1.807) is 6.92 Å². The first-order valence-electron chi connectivity index (χ1n) is 4.16. The van der Waals surface area contributed by atoms with Gasteiger partial charge in [0.2, 0.25) is 0 Å². The lowest BCUT2D eigenvalue weighted by molar-refractivity contribution is 0.102. The van der Waals surface area contributed by atoms with Gasteiger partial charge in [-0.2, -0.15) is 0 Å². The maximum Gasteiger partial charge on any atom is 0.171 e. The molecule has 2 nitrogen and oxygen atoms in total. The third kappa shape index (κ3) is 1.29. The number of Topliss-reactive ketones (excluding diaryl/α,β-unsaturated/α-hetero) is 1. The normalized spacial score (nSPS) is 16.5. The summed E-state index contributed by atoms with van der Waals surface area (Å²) in [6, 6.07) is 0. The molecule has 2 rings (SSSR count). The Morgan fingerprint density at radius 3 is 2.75 bits per heavy atom. The molecule has 0 aromatic carbocycles. The highest BCUT2D eigenvalue weighted by Gasteiger charge is 2.30. The van der Waals surface area contributed by atoms with Gasteiger partial charge in [-0.15, -0.1) is 11.3 Å². The quantitative estimate of drug-likeness (QED) is 0.656. The molecule has 64 valence electrons. The van der Waals surface area contributed by atoms with Gasteiger partial charge in [0, 0.05) is 12.8 Å². The molecule has 0 saturated heterocycles. The Morgan fingerprint density at radius 1 is 1.58 bits per heavy atom. The lowest BCUT2D eigenvalue weighted by atomic mass is 10.2. The standard InChI is InChI=1S/C9H11NOS/c1-5(11)9-8(7-3-4-7)10-6(2)12-9/h7H,3-4H2,1-2H3. The average molecular weight is 181 g/mol. The van der Waals surface area contributed by atoms with Crippen molar-refractivity contribution in [1.82, 2.24) is 4.98 Å². The Labute approximate surface area is 75.6 Å². The van der Waals surface area contributed by atoms with E-state index in [0.717, 1.165) is 15.6 Å². The number of aryl methyl sites for hydroxylation is 1. The second-order valence-corrected chi connectivity index (χ2v) is 4.48. The number of nitrogens with zero attached hydrogens (tertiary/aromatic N) is 1. The summed E-state index contributed by atoms with van der Waals surface area (Å²) in [7, 11) is 0. The van der Waals surface area contributed by atoms with Crippen LogP contribution >= 0.6 is 11.3 Å². The molecule has 1 aromatic heterocycles. The predicted molar refractivity (Wildman–Crippen MR) is 48.8 cm³/mol. The summed E-state index contributed by atoms with van der Waals surface area (Å²) in [5.74, 6) is 0.761. The number of ketones is 1. The smallest absolute Gasteiger partial charge is 0.171 e. The fourth-order valence-corrected chi connectivity index (χ4v) is 2.23. The van der Waals surface area contributed by atoms with Crippen molar-refractivity contribution in [2.45, 2.75) is 32.6 Å². The highest BCUT2D eigenvalue weighted by molar-refractivity contribution is 7.13. The van der Waals surface area contributed by atoms with Gasteiger partial charge in [-0.1, -0.05) is 0 Å². The Hall–Kier alpha value is -0.700. The molecule has 12 heavy (non-hydrogen) atoms. The molecule has 0 atom stereocenters. The van der Waals surface area contributed by atoms with Crippen LogP contribution in [0.1, 0.15) is 46.1 Å². The van der Waals surface area contributed by atoms with Crippen molar-refractivity contribution >= 4 is 17.1 Å². The lowest BCUT2D eigenvalue weighted by Gasteiger charge is -1.92. The topological polar surface area (TPSA) is 30.0 Å². The molecule has 0 spiro atoms. The summed E-state index contributed by atoms with van der Waals surface area (Å²) < 4.78 is 0. The van der Waals surface area contributed by atoms with Crippen LogP contribution < -0.4 is 0 Å². The number of rotatable bonds is 2. The highest BCUT2D eigenvalue weighted by Crippen LogP contribution is 2.42. The molecule has 1 aliphatic rings. The van der Waals surface area contributed by atoms with E-state index in [-0.39, 0.29) is 5.78 Å². The third-order valence-corrected chi connectivity index (χ3v) is 3.13. The second-order valence-electron chi connectivity index (χ2n) is 3.28. The van der Waals surface area contributed by atoms with E-state index < -0.39 is 0 Å². The second kappa shape index (κ2) is 2.66. The maximum atomic E-state index is 11.2. The molecule has 3 heteroatoms. The molecule has 0 bridgehead atoms. The monoisotopic (exact) mass is 181 g/mol. The van der Waals surface area contributed by atoms with Gasteiger partial charge < -0.3 is 0 Å². The molecule has 1 saturated carbocycles. The molecular formula is C9H11NOS. The van der Waals surface area contributed by atoms with Crippen molar-refractivity contribution in [3.8, 4) is 0 Å². The Morgan fingerprint density at radius 2 is 2.25 bits per heavy atom. The molecule has 1 fully saturated rings. The van der Waals surface area contributed by atoms with Crippen LogP contribution in [-0.4, -0.2) is 10.8 Å². The van der Waals surface area contributed by atoms with Crippen molar-refractivity contribution in [2.24, 2.45) is 0 Å². The van der Waals surface area contributed by atoms with E-state index in [0.29, 0.717) is 5.92 Å². The molecule has 0 amide bonds. The molecular weight excluding hydrogens is 170 g/mol. The van der Waals surface area contributed by atoms with Crippen LogP contribution in [0.3, 0.4) is 0 Å². The van der Waals surface area contributed by atoms with Gasteiger partial charge in [0.25, 0.3) is 0 Å². The lowest BCUT2D eigenvalue weighted by Crippen LogP contribution is -1.93. The van der Waals surface area contributed by atoms with Crippen molar-refractivity contribution in [1.29, 1.82) is 0 Å². The molecule has 1 aromatic rings. The maximum absolute atomic E-state index is 11.2. The summed E-state index contributed by atoms with van der Waals surface area (Å²) in [6.07, 6.45) is 2.42. The summed E-state index contributed by atoms with van der Waals surface area (Å²) >= 11 is 1.53. The number of carbonyl (C=O) groups excluding carboxylic acids is 1. The zero-order chi connectivity index (χ0) is 8.72. The number of aromatic nitrogens is 1. The molecule has 1 aliphatic carbocycles. The molecule has 1 heterocycles. The van der Waals surface area contributed by atoms with Crippen LogP contribution in [-0.2, 0) is 0 Å². The number of hydrogen-bond donors (Lipinski definition) is 0. The van der Waals surface area contributed by atoms with Crippen molar-refractivity contribution in [2.75, 3.05) is 0 Å². The van der Waals surface area contributed by atoms with Crippen LogP contribution in [0.5, 0.6) is 0 Å². The number of carbonyl (C=O) groups is 1. The summed E-state index contributed by atoms with van der Waals surface area (Å²) in [4.78, 5) is 16.5. The minimum atomic E-state index is 0.169. The van der Waals surface area contributed by atoms with E-state index in [2.05, 4.69) is 4.98 Å². The van der Waals surface area contributed by atoms with Crippen molar-refractivity contribution < 1.29 is 4.79 Å². The van der Waals surface area contributed by atoms with E-state index in [1.165, 1.54) is 24.2 Å². The van der Waals surface area contributed by atoms with E-state index in [4.69, 9.17) is 0 Å². The van der Waals surface area contributed by atoms with Crippen LogP contribution in [0.4, 0.5) is 0 Å². The SMILES string of the molecule is CC(=O)c1sc(C)nc1C1CC1. The van der Waals surface area contributed by atoms with Gasteiger partial charge >= 0.3 is 0 Å². The minimum absolute atomic E-state index is 0.169. The Kier molecular flexibility index (Phi) is 1.76. The van der Waals surface area contributed by atoms with Crippen molar-refractivity contribution in [3.63, 3.8) is 0 Å². The van der Waals surface area contributed by atoms with Gasteiger partial charge in [-0.3, -0.25) is 4.79 Å². The van der Waals surface area contributed by atoms with Gasteiger partial charge in [0.1, 0.15) is 0 Å². The fraction of sp³-hybridized carbons (Fsp3) is 0.556. The highest BCUT2D eigenvalue weighted by atomic mass is 32.1. The van der Waals surface area contributed by atoms with Crippen LogP contribution in [0, 0.1) is 6.92 Å². The third-order valence-electron chi connectivity index (χ3n) is 2.04. The molecule has 0 aliphatic heterocycles. The van der Waals surface area contributed by atoms with Gasteiger partial charge in [-0.25, -0.2) is 4.98 Å². The minimum Gasteiger partial charge on any atom is -0.294 e.